The lowest BCUT2D eigenvalue weighted by atomic mass is 10.0. The number of aromatic nitrogens is 4. The van der Waals surface area contributed by atoms with Crippen molar-refractivity contribution < 1.29 is 32.9 Å². The summed E-state index contributed by atoms with van der Waals surface area (Å²) >= 11 is 0. The Labute approximate surface area is 231 Å². The van der Waals surface area contributed by atoms with Gasteiger partial charge in [0.2, 0.25) is 0 Å². The van der Waals surface area contributed by atoms with E-state index in [4.69, 9.17) is 35.3 Å². The predicted octanol–water partition coefficient (Wildman–Crippen LogP) is 2.69. The van der Waals surface area contributed by atoms with Crippen LogP contribution < -0.4 is 26.2 Å². The maximum Gasteiger partial charge on any atom is 0.349 e. The fraction of sp³-hybridized carbons (Fsp3) is 0.192. The van der Waals surface area contributed by atoms with Crippen molar-refractivity contribution in [1.29, 1.82) is 5.41 Å². The number of aromatic amines is 1. The van der Waals surface area contributed by atoms with Gasteiger partial charge in [-0.3, -0.25) is 15.2 Å². The SMILES string of the molecule is CC(=O)O.COc1cc(C(Nc2ccc(C(=N)N)c(F)c2)c2nn(-c3ncccc3F)c(=O)[nH]2)cc2c1OCOC2. The summed E-state index contributed by atoms with van der Waals surface area (Å²) in [7, 11) is 1.48. The number of anilines is 1. The summed E-state index contributed by atoms with van der Waals surface area (Å²) in [5, 5.41) is 22.3. The summed E-state index contributed by atoms with van der Waals surface area (Å²) < 4.78 is 46.2. The Bertz CT molecular complexity index is 1630. The molecule has 2 aromatic heterocycles. The van der Waals surface area contributed by atoms with Crippen molar-refractivity contribution in [2.24, 2.45) is 5.73 Å². The van der Waals surface area contributed by atoms with Crippen LogP contribution in [-0.4, -0.2) is 50.6 Å². The predicted molar refractivity (Wildman–Crippen MR) is 141 cm³/mol. The number of amidine groups is 1. The number of carboxylic acid groups (broad SMARTS) is 1. The van der Waals surface area contributed by atoms with E-state index < -0.39 is 35.2 Å². The molecule has 0 spiro atoms. The van der Waals surface area contributed by atoms with Gasteiger partial charge in [0, 0.05) is 24.4 Å². The third-order valence-electron chi connectivity index (χ3n) is 5.67. The lowest BCUT2D eigenvalue weighted by Gasteiger charge is -2.24. The molecule has 0 bridgehead atoms. The van der Waals surface area contributed by atoms with Gasteiger partial charge in [-0.2, -0.15) is 4.68 Å². The zero-order valence-electron chi connectivity index (χ0n) is 21.8. The lowest BCUT2D eigenvalue weighted by molar-refractivity contribution is -0.134. The van der Waals surface area contributed by atoms with Gasteiger partial charge in [-0.25, -0.2) is 18.6 Å². The molecule has 4 aromatic rings. The van der Waals surface area contributed by atoms with Crippen LogP contribution in [0.25, 0.3) is 5.82 Å². The molecule has 5 rings (SSSR count). The average Bonchev–Trinajstić information content (AvgIpc) is 3.31. The van der Waals surface area contributed by atoms with E-state index in [9.17, 15) is 13.6 Å². The van der Waals surface area contributed by atoms with E-state index >= 15 is 0 Å². The van der Waals surface area contributed by atoms with E-state index in [1.807, 2.05) is 0 Å². The molecule has 214 valence electrons. The van der Waals surface area contributed by atoms with Crippen molar-refractivity contribution in [3.63, 3.8) is 0 Å². The van der Waals surface area contributed by atoms with Gasteiger partial charge in [-0.1, -0.05) is 0 Å². The maximum absolute atomic E-state index is 14.6. The smallest absolute Gasteiger partial charge is 0.349 e. The van der Waals surface area contributed by atoms with Crippen LogP contribution in [0, 0.1) is 17.0 Å². The summed E-state index contributed by atoms with van der Waals surface area (Å²) in [5.41, 5.74) is 6.18. The number of nitrogens with one attached hydrogen (secondary N) is 3. The average molecular weight is 570 g/mol. The van der Waals surface area contributed by atoms with Gasteiger partial charge < -0.3 is 30.4 Å². The first kappa shape index (κ1) is 28.7. The normalized spacial score (nSPS) is 12.7. The Hall–Kier alpha value is -5.31. The Morgan fingerprint density at radius 2 is 2.02 bits per heavy atom. The molecule has 6 N–H and O–H groups in total. The number of aliphatic carboxylic acids is 1. The molecular weight excluding hydrogens is 544 g/mol. The Balaban J connectivity index is 0.000000909. The molecule has 1 aliphatic heterocycles. The Morgan fingerprint density at radius 3 is 2.68 bits per heavy atom. The first-order valence-corrected chi connectivity index (χ1v) is 11.9. The summed E-state index contributed by atoms with van der Waals surface area (Å²) in [6.45, 7) is 1.40. The summed E-state index contributed by atoms with van der Waals surface area (Å²) in [4.78, 5) is 28.3. The van der Waals surface area contributed by atoms with Crippen LogP contribution in [0.2, 0.25) is 0 Å². The molecule has 1 aliphatic rings. The highest BCUT2D eigenvalue weighted by atomic mass is 19.1. The number of nitrogens with two attached hydrogens (primary N) is 1. The summed E-state index contributed by atoms with van der Waals surface area (Å²) in [6.07, 6.45) is 1.34. The third kappa shape index (κ3) is 6.47. The largest absolute Gasteiger partial charge is 0.493 e. The molecule has 15 heteroatoms. The number of H-pyrrole nitrogens is 1. The second kappa shape index (κ2) is 12.3. The molecule has 0 saturated carbocycles. The van der Waals surface area contributed by atoms with E-state index in [1.54, 1.807) is 12.1 Å². The number of methoxy groups -OCH3 is 1. The van der Waals surface area contributed by atoms with E-state index in [0.29, 0.717) is 28.3 Å². The molecule has 0 radical (unpaired) electrons. The molecule has 0 amide bonds. The van der Waals surface area contributed by atoms with Gasteiger partial charge >= 0.3 is 5.69 Å². The quantitative estimate of drug-likeness (QED) is 0.163. The molecule has 0 aliphatic carbocycles. The standard InChI is InChI=1S/C24H21F2N7O4.C2H4O2/c1-35-18-8-12(7-13-10-36-11-37-20(13)18)19(30-14-4-5-15(21(27)28)17(26)9-14)22-31-24(34)33(32-22)23-16(25)3-2-6-29-23;1-2(3)4/h2-9,19,30H,10-11H2,1H3,(H3,27,28)(H,31,32,34);1H3,(H,3,4). The van der Waals surface area contributed by atoms with Crippen LogP contribution in [0.15, 0.2) is 53.5 Å². The lowest BCUT2D eigenvalue weighted by Crippen LogP contribution is -2.18. The first-order valence-electron chi connectivity index (χ1n) is 11.9. The van der Waals surface area contributed by atoms with Gasteiger partial charge in [0.1, 0.15) is 17.7 Å². The minimum atomic E-state index is -0.871. The second-order valence-electron chi connectivity index (χ2n) is 8.56. The van der Waals surface area contributed by atoms with Gasteiger partial charge in [-0.15, -0.1) is 5.10 Å². The topological polar surface area (TPSA) is 190 Å². The molecule has 13 nitrogen and oxygen atoms in total. The minimum absolute atomic E-state index is 0.0600. The molecule has 0 saturated heterocycles. The van der Waals surface area contributed by atoms with Crippen molar-refractivity contribution >= 4 is 17.5 Å². The molecule has 1 atom stereocenters. The van der Waals surface area contributed by atoms with Crippen LogP contribution in [-0.2, 0) is 16.1 Å². The number of halogens is 2. The number of carboxylic acids is 1. The Morgan fingerprint density at radius 1 is 1.27 bits per heavy atom. The monoisotopic (exact) mass is 569 g/mol. The van der Waals surface area contributed by atoms with Crippen molar-refractivity contribution in [3.8, 4) is 17.3 Å². The number of rotatable bonds is 7. The number of hydrogen-bond donors (Lipinski definition) is 5. The van der Waals surface area contributed by atoms with Crippen LogP contribution in [0.1, 0.15) is 35.5 Å². The fourth-order valence-corrected chi connectivity index (χ4v) is 3.97. The fourth-order valence-electron chi connectivity index (χ4n) is 3.97. The van der Waals surface area contributed by atoms with Crippen LogP contribution >= 0.6 is 0 Å². The molecule has 41 heavy (non-hydrogen) atoms. The zero-order chi connectivity index (χ0) is 29.7. The number of fused-ring (bicyclic) bond motifs is 1. The number of hydrogen-bond acceptors (Lipinski definition) is 9. The van der Waals surface area contributed by atoms with Crippen LogP contribution in [0.4, 0.5) is 14.5 Å². The van der Waals surface area contributed by atoms with Gasteiger partial charge in [0.15, 0.2) is 35.8 Å². The summed E-state index contributed by atoms with van der Waals surface area (Å²) in [6, 6.07) is 9.19. The molecule has 0 fully saturated rings. The van der Waals surface area contributed by atoms with E-state index in [1.165, 1.54) is 37.6 Å². The van der Waals surface area contributed by atoms with E-state index in [-0.39, 0.29) is 30.6 Å². The molecule has 2 aromatic carbocycles. The zero-order valence-corrected chi connectivity index (χ0v) is 21.8. The molecule has 1 unspecified atom stereocenters. The van der Waals surface area contributed by atoms with Crippen LogP contribution in [0.5, 0.6) is 11.5 Å². The van der Waals surface area contributed by atoms with Gasteiger partial charge in [0.25, 0.3) is 5.97 Å². The number of nitrogen functional groups attached to an aromatic ring is 1. The van der Waals surface area contributed by atoms with Gasteiger partial charge in [0.05, 0.1) is 19.3 Å². The molecular formula is C26H25F2N7O6. The van der Waals surface area contributed by atoms with E-state index in [0.717, 1.165) is 17.7 Å². The van der Waals surface area contributed by atoms with E-state index in [2.05, 4.69) is 20.4 Å². The first-order chi connectivity index (χ1) is 19.6. The third-order valence-corrected chi connectivity index (χ3v) is 5.67. The van der Waals surface area contributed by atoms with Crippen molar-refractivity contribution in [3.05, 3.63) is 93.3 Å². The number of pyridine rings is 1. The Kier molecular flexibility index (Phi) is 8.57. The number of carbonyl (C=O) groups is 1. The van der Waals surface area contributed by atoms with Crippen molar-refractivity contribution in [2.75, 3.05) is 19.2 Å². The molecule has 3 heterocycles. The summed E-state index contributed by atoms with van der Waals surface area (Å²) in [5.74, 6) is -1.96. The van der Waals surface area contributed by atoms with Crippen molar-refractivity contribution in [2.45, 2.75) is 19.6 Å². The van der Waals surface area contributed by atoms with Crippen LogP contribution in [0.3, 0.4) is 0 Å². The highest BCUT2D eigenvalue weighted by molar-refractivity contribution is 5.95. The maximum atomic E-state index is 14.6. The second-order valence-corrected chi connectivity index (χ2v) is 8.56. The van der Waals surface area contributed by atoms with Crippen molar-refractivity contribution in [1.82, 2.24) is 19.7 Å². The number of benzene rings is 2. The number of ether oxygens (including phenoxy) is 3. The highest BCUT2D eigenvalue weighted by Gasteiger charge is 2.26. The number of nitrogens with zero attached hydrogens (tertiary/aromatic N) is 3. The highest BCUT2D eigenvalue weighted by Crippen LogP contribution is 2.38. The van der Waals surface area contributed by atoms with Gasteiger partial charge in [-0.05, 0) is 48.0 Å². The minimum Gasteiger partial charge on any atom is -0.493 e.